The minimum absolute atomic E-state index is 0.0664. The molecule has 2 aromatic rings. The second kappa shape index (κ2) is 11.8. The Morgan fingerprint density at radius 1 is 1.14 bits per heavy atom. The first-order chi connectivity index (χ1) is 17.5. The van der Waals surface area contributed by atoms with Gasteiger partial charge < -0.3 is 15.0 Å². The van der Waals surface area contributed by atoms with Gasteiger partial charge in [-0.2, -0.15) is 0 Å². The van der Waals surface area contributed by atoms with Crippen molar-refractivity contribution in [3.05, 3.63) is 45.8 Å². The fraction of sp³-hybridized carbons (Fsp3) is 0.417. The maximum atomic E-state index is 13.0. The van der Waals surface area contributed by atoms with Gasteiger partial charge >= 0.3 is 6.09 Å². The number of nitrogens with one attached hydrogen (secondary N) is 2. The summed E-state index contributed by atoms with van der Waals surface area (Å²) in [5.74, 6) is -1.40. The highest BCUT2D eigenvalue weighted by molar-refractivity contribution is 7.89. The van der Waals surface area contributed by atoms with Gasteiger partial charge in [-0.05, 0) is 42.7 Å². The van der Waals surface area contributed by atoms with Crippen molar-refractivity contribution in [2.75, 3.05) is 32.6 Å². The quantitative estimate of drug-likeness (QED) is 0.515. The highest BCUT2D eigenvalue weighted by Crippen LogP contribution is 2.37. The zero-order chi connectivity index (χ0) is 27.3. The van der Waals surface area contributed by atoms with Gasteiger partial charge in [0, 0.05) is 37.5 Å². The topological polar surface area (TPSA) is 142 Å². The molecule has 0 saturated carbocycles. The third kappa shape index (κ3) is 6.35. The van der Waals surface area contributed by atoms with E-state index in [0.717, 1.165) is 36.2 Å². The zero-order valence-electron chi connectivity index (χ0n) is 21.1. The first-order valence-corrected chi connectivity index (χ1v) is 13.9. The van der Waals surface area contributed by atoms with E-state index >= 15 is 0 Å². The molecule has 13 heteroatoms. The number of hydrogen-bond donors (Lipinski definition) is 2. The number of ether oxygens (including phenoxy) is 1. The Balaban J connectivity index is 1.87. The molecule has 0 aliphatic carbocycles. The summed E-state index contributed by atoms with van der Waals surface area (Å²) in [5, 5.41) is 5.05. The van der Waals surface area contributed by atoms with E-state index in [-0.39, 0.29) is 33.5 Å². The van der Waals surface area contributed by atoms with Crippen LogP contribution in [0.4, 0.5) is 9.80 Å². The van der Waals surface area contributed by atoms with E-state index in [9.17, 15) is 27.6 Å². The minimum Gasteiger partial charge on any atom is -0.453 e. The highest BCUT2D eigenvalue weighted by atomic mass is 32.2. The van der Waals surface area contributed by atoms with E-state index in [1.807, 2.05) is 6.92 Å². The van der Waals surface area contributed by atoms with Gasteiger partial charge in [0.05, 0.1) is 24.1 Å². The van der Waals surface area contributed by atoms with E-state index < -0.39 is 27.9 Å². The summed E-state index contributed by atoms with van der Waals surface area (Å²) in [7, 11) is -1.04. The molecule has 0 radical (unpaired) electrons. The van der Waals surface area contributed by atoms with Gasteiger partial charge in [-0.15, -0.1) is 11.3 Å². The molecule has 0 saturated heterocycles. The predicted molar refractivity (Wildman–Crippen MR) is 138 cm³/mol. The molecular formula is C24H30N4O7S2. The molecule has 2 heterocycles. The SMILES string of the molecule is CCCCN(C)S(=O)(=O)c1ccc(C(=O)Nc2sc3c(c2C(=O)NC(=O)OC)CCN(C(C)=O)C3)cc1. The van der Waals surface area contributed by atoms with E-state index in [0.29, 0.717) is 25.1 Å². The average molecular weight is 551 g/mol. The van der Waals surface area contributed by atoms with Gasteiger partial charge in [0.1, 0.15) is 5.00 Å². The van der Waals surface area contributed by atoms with Crippen LogP contribution < -0.4 is 10.6 Å². The maximum absolute atomic E-state index is 13.0. The highest BCUT2D eigenvalue weighted by Gasteiger charge is 2.30. The molecule has 2 N–H and O–H groups in total. The number of benzene rings is 1. The normalized spacial score (nSPS) is 13.2. The van der Waals surface area contributed by atoms with Crippen molar-refractivity contribution in [1.29, 1.82) is 0 Å². The van der Waals surface area contributed by atoms with Crippen LogP contribution in [0.25, 0.3) is 0 Å². The summed E-state index contributed by atoms with van der Waals surface area (Å²) in [6.07, 6.45) is 1.03. The van der Waals surface area contributed by atoms with Crippen LogP contribution in [0, 0.1) is 0 Å². The first kappa shape index (κ1) is 28.3. The molecule has 37 heavy (non-hydrogen) atoms. The number of unbranched alkanes of at least 4 members (excludes halogenated alkanes) is 1. The van der Waals surface area contributed by atoms with Crippen LogP contribution in [0.2, 0.25) is 0 Å². The van der Waals surface area contributed by atoms with E-state index in [4.69, 9.17) is 0 Å². The largest absolute Gasteiger partial charge is 0.453 e. The molecule has 4 amide bonds. The molecule has 1 aliphatic rings. The van der Waals surface area contributed by atoms with Gasteiger partial charge in [0.15, 0.2) is 0 Å². The standard InChI is InChI=1S/C24H30N4O7S2/c1-5-6-12-27(3)37(33,34)17-9-7-16(8-10-17)21(30)25-23-20(22(31)26-24(32)35-4)18-11-13-28(15(2)29)14-19(18)36-23/h7-10H,5-6,11-14H2,1-4H3,(H,25,30)(H,26,31,32). The molecule has 0 spiro atoms. The van der Waals surface area contributed by atoms with Crippen LogP contribution in [-0.2, 0) is 32.5 Å². The molecule has 0 unspecified atom stereocenters. The molecule has 0 bridgehead atoms. The minimum atomic E-state index is -3.68. The monoisotopic (exact) mass is 550 g/mol. The predicted octanol–water partition coefficient (Wildman–Crippen LogP) is 2.82. The van der Waals surface area contributed by atoms with Gasteiger partial charge in [-0.1, -0.05) is 13.3 Å². The maximum Gasteiger partial charge on any atom is 0.413 e. The first-order valence-electron chi connectivity index (χ1n) is 11.7. The van der Waals surface area contributed by atoms with Crippen LogP contribution in [0.1, 0.15) is 57.8 Å². The van der Waals surface area contributed by atoms with E-state index in [1.165, 1.54) is 42.5 Å². The molecule has 0 fully saturated rings. The summed E-state index contributed by atoms with van der Waals surface area (Å²) in [5.41, 5.74) is 0.973. The Morgan fingerprint density at radius 3 is 2.41 bits per heavy atom. The van der Waals surface area contributed by atoms with Crippen LogP contribution in [0.5, 0.6) is 0 Å². The average Bonchev–Trinajstić information content (AvgIpc) is 3.23. The number of amides is 4. The molecule has 0 atom stereocenters. The molecule has 11 nitrogen and oxygen atoms in total. The van der Waals surface area contributed by atoms with Crippen molar-refractivity contribution in [3.8, 4) is 0 Å². The van der Waals surface area contributed by atoms with Crippen LogP contribution in [0.3, 0.4) is 0 Å². The van der Waals surface area contributed by atoms with Gasteiger partial charge in [0.2, 0.25) is 15.9 Å². The lowest BCUT2D eigenvalue weighted by atomic mass is 10.0. The zero-order valence-corrected chi connectivity index (χ0v) is 22.8. The van der Waals surface area contributed by atoms with Gasteiger partial charge in [-0.3, -0.25) is 19.7 Å². The van der Waals surface area contributed by atoms with E-state index in [1.54, 1.807) is 4.90 Å². The lowest BCUT2D eigenvalue weighted by Gasteiger charge is -2.25. The molecule has 1 aliphatic heterocycles. The van der Waals surface area contributed by atoms with Gasteiger partial charge in [-0.25, -0.2) is 17.5 Å². The number of nitrogens with zero attached hydrogens (tertiary/aromatic N) is 2. The van der Waals surface area contributed by atoms with Crippen molar-refractivity contribution in [3.63, 3.8) is 0 Å². The summed E-state index contributed by atoms with van der Waals surface area (Å²) in [4.78, 5) is 51.8. The van der Waals surface area contributed by atoms with Crippen molar-refractivity contribution in [1.82, 2.24) is 14.5 Å². The van der Waals surface area contributed by atoms with Crippen molar-refractivity contribution in [2.45, 2.75) is 44.6 Å². The van der Waals surface area contributed by atoms with Crippen LogP contribution in [0.15, 0.2) is 29.2 Å². The van der Waals surface area contributed by atoms with E-state index in [2.05, 4.69) is 15.4 Å². The Hall–Kier alpha value is -3.29. The van der Waals surface area contributed by atoms with Crippen LogP contribution in [-0.4, -0.2) is 68.7 Å². The van der Waals surface area contributed by atoms with Gasteiger partial charge in [0.25, 0.3) is 11.8 Å². The van der Waals surface area contributed by atoms with Crippen molar-refractivity contribution < 1.29 is 32.3 Å². The van der Waals surface area contributed by atoms with Crippen molar-refractivity contribution in [2.24, 2.45) is 0 Å². The molecule has 1 aromatic heterocycles. The molecule has 1 aromatic carbocycles. The summed E-state index contributed by atoms with van der Waals surface area (Å²) < 4.78 is 31.3. The molecule has 3 rings (SSSR count). The van der Waals surface area contributed by atoms with Crippen LogP contribution >= 0.6 is 11.3 Å². The number of carbonyl (C=O) groups excluding carboxylic acids is 4. The van der Waals surface area contributed by atoms with Crippen molar-refractivity contribution >= 4 is 50.2 Å². The summed E-state index contributed by atoms with van der Waals surface area (Å²) in [6.45, 7) is 4.50. The number of methoxy groups -OCH3 is 1. The second-order valence-corrected chi connectivity index (χ2v) is 11.7. The number of anilines is 1. The number of carbonyl (C=O) groups is 4. The number of alkyl carbamates (subject to hydrolysis) is 1. The number of rotatable bonds is 8. The number of imide groups is 1. The summed E-state index contributed by atoms with van der Waals surface area (Å²) >= 11 is 1.15. The number of thiophene rings is 1. The smallest absolute Gasteiger partial charge is 0.413 e. The Morgan fingerprint density at radius 2 is 1.81 bits per heavy atom. The third-order valence-corrected chi connectivity index (χ3v) is 9.01. The Labute approximate surface area is 219 Å². The fourth-order valence-corrected chi connectivity index (χ4v) is 6.31. The molecular weight excluding hydrogens is 520 g/mol. The fourth-order valence-electron chi connectivity index (χ4n) is 3.84. The summed E-state index contributed by atoms with van der Waals surface area (Å²) in [6, 6.07) is 5.52. The second-order valence-electron chi connectivity index (χ2n) is 8.50. The lowest BCUT2D eigenvalue weighted by Crippen LogP contribution is -2.35. The Kier molecular flexibility index (Phi) is 9.05. The molecule has 200 valence electrons. The lowest BCUT2D eigenvalue weighted by molar-refractivity contribution is -0.129. The Bertz CT molecular complexity index is 1300. The third-order valence-electron chi connectivity index (χ3n) is 6.01. The number of fused-ring (bicyclic) bond motifs is 1. The number of sulfonamides is 1. The number of hydrogen-bond acceptors (Lipinski definition) is 8.